The second-order valence-corrected chi connectivity index (χ2v) is 9.29. The van der Waals surface area contributed by atoms with Gasteiger partial charge in [0.25, 0.3) is 0 Å². The van der Waals surface area contributed by atoms with E-state index in [2.05, 4.69) is 10.7 Å². The Balaban J connectivity index is 2.30. The van der Waals surface area contributed by atoms with Gasteiger partial charge in [-0.1, -0.05) is 12.1 Å². The molecule has 2 rings (SSSR count). The normalized spacial score (nSPS) is 19.7. The number of hydrazine groups is 1. The zero-order valence-electron chi connectivity index (χ0n) is 22.0. The number of hydrogen-bond donors (Lipinski definition) is 5. The summed E-state index contributed by atoms with van der Waals surface area (Å²) >= 11 is 0. The van der Waals surface area contributed by atoms with Crippen LogP contribution in [0.1, 0.15) is 39.7 Å². The minimum Gasteiger partial charge on any atom is -0.497 e. The van der Waals surface area contributed by atoms with Crippen molar-refractivity contribution in [3.05, 3.63) is 41.5 Å². The topological polar surface area (TPSA) is 190 Å². The number of benzene rings is 1. The Bertz CT molecular complexity index is 1030. The lowest BCUT2D eigenvalue weighted by Crippen LogP contribution is -2.60. The molecule has 0 aromatic heterocycles. The second kappa shape index (κ2) is 13.6. The fourth-order valence-corrected chi connectivity index (χ4v) is 3.65. The van der Waals surface area contributed by atoms with E-state index in [0.29, 0.717) is 16.3 Å². The zero-order valence-corrected chi connectivity index (χ0v) is 22.0. The molecule has 38 heavy (non-hydrogen) atoms. The van der Waals surface area contributed by atoms with Gasteiger partial charge in [0.1, 0.15) is 23.9 Å². The predicted octanol–water partition coefficient (Wildman–Crippen LogP) is 0.525. The molecular formula is C25H36N4O9. The van der Waals surface area contributed by atoms with Crippen LogP contribution in [0.4, 0.5) is 9.59 Å². The van der Waals surface area contributed by atoms with E-state index in [1.807, 2.05) is 0 Å². The molecule has 0 radical (unpaired) electrons. The summed E-state index contributed by atoms with van der Waals surface area (Å²) < 4.78 is 15.3. The van der Waals surface area contributed by atoms with E-state index in [0.717, 1.165) is 0 Å². The number of nitrogens with two attached hydrogens (primary N) is 1. The molecule has 0 spiro atoms. The number of methoxy groups -OCH3 is 1. The van der Waals surface area contributed by atoms with Crippen molar-refractivity contribution in [2.45, 2.75) is 77.0 Å². The molecule has 1 aliphatic rings. The standard InChI is InChI=1S/C25H36N4O9/c1-13(2)37-24(34)28-29(25(35)38-14(3)4)19-11-16(12-20(30)21(19)31)23(33)27-18(22(26)32)10-15-6-8-17(36-5)9-7-15/h6-9,11,13-14,18-21,30-31H,10,12H2,1-5H3,(H2,26,32)(H,27,33)(H,28,34)/t18-,19+,20+,21-/m0/s1. The summed E-state index contributed by atoms with van der Waals surface area (Å²) in [7, 11) is 1.52. The Morgan fingerprint density at radius 3 is 2.18 bits per heavy atom. The molecule has 1 aliphatic carbocycles. The molecule has 13 nitrogen and oxygen atoms in total. The Morgan fingerprint density at radius 2 is 1.66 bits per heavy atom. The van der Waals surface area contributed by atoms with Crippen molar-refractivity contribution in [3.63, 3.8) is 0 Å². The number of amides is 4. The highest BCUT2D eigenvalue weighted by atomic mass is 16.6. The fraction of sp³-hybridized carbons (Fsp3) is 0.520. The largest absolute Gasteiger partial charge is 0.497 e. The Kier molecular flexibility index (Phi) is 10.9. The first-order valence-corrected chi connectivity index (χ1v) is 12.1. The Labute approximate surface area is 220 Å². The number of primary amides is 1. The number of nitrogens with one attached hydrogen (secondary N) is 2. The quantitative estimate of drug-likeness (QED) is 0.280. The first-order valence-electron chi connectivity index (χ1n) is 12.1. The van der Waals surface area contributed by atoms with Crippen LogP contribution in [0, 0.1) is 0 Å². The fourth-order valence-electron chi connectivity index (χ4n) is 3.65. The number of carbonyl (C=O) groups excluding carboxylic acids is 4. The molecule has 1 aromatic rings. The second-order valence-electron chi connectivity index (χ2n) is 9.29. The van der Waals surface area contributed by atoms with Crippen LogP contribution in [0.2, 0.25) is 0 Å². The van der Waals surface area contributed by atoms with E-state index >= 15 is 0 Å². The molecule has 0 aliphatic heterocycles. The smallest absolute Gasteiger partial charge is 0.429 e. The first kappa shape index (κ1) is 30.4. The molecule has 13 heteroatoms. The molecular weight excluding hydrogens is 500 g/mol. The zero-order chi connectivity index (χ0) is 28.6. The first-order chi connectivity index (χ1) is 17.8. The summed E-state index contributed by atoms with van der Waals surface area (Å²) in [5.41, 5.74) is 8.37. The number of hydrogen-bond acceptors (Lipinski definition) is 9. The van der Waals surface area contributed by atoms with Gasteiger partial charge in [-0.25, -0.2) is 20.0 Å². The van der Waals surface area contributed by atoms with Gasteiger partial charge in [0.2, 0.25) is 11.8 Å². The number of ether oxygens (including phenoxy) is 3. The average Bonchev–Trinajstić information content (AvgIpc) is 2.83. The van der Waals surface area contributed by atoms with Crippen LogP contribution in [-0.2, 0) is 25.5 Å². The maximum absolute atomic E-state index is 13.1. The molecule has 0 fully saturated rings. The number of aliphatic hydroxyl groups is 2. The van der Waals surface area contributed by atoms with Crippen LogP contribution in [0.25, 0.3) is 0 Å². The summed E-state index contributed by atoms with van der Waals surface area (Å²) in [4.78, 5) is 50.2. The van der Waals surface area contributed by atoms with Gasteiger partial charge in [-0.2, -0.15) is 0 Å². The van der Waals surface area contributed by atoms with Crippen molar-refractivity contribution in [1.82, 2.24) is 15.8 Å². The SMILES string of the molecule is COc1ccc(C[C@H](NC(=O)C2=C[C@@H](N(NC(=O)OC(C)C)C(=O)OC(C)C)[C@H](O)[C@H](O)C2)C(N)=O)cc1. The van der Waals surface area contributed by atoms with Crippen LogP contribution in [-0.4, -0.2) is 82.8 Å². The Morgan fingerprint density at radius 1 is 1.05 bits per heavy atom. The minimum absolute atomic E-state index is 0.0462. The highest BCUT2D eigenvalue weighted by Crippen LogP contribution is 2.24. The minimum atomic E-state index is -1.59. The van der Waals surface area contributed by atoms with Gasteiger partial charge in [-0.05, 0) is 51.5 Å². The average molecular weight is 537 g/mol. The molecule has 210 valence electrons. The maximum Gasteiger partial charge on any atom is 0.429 e. The summed E-state index contributed by atoms with van der Waals surface area (Å²) in [5.74, 6) is -0.922. The number of nitrogens with zero attached hydrogens (tertiary/aromatic N) is 1. The third-order valence-electron chi connectivity index (χ3n) is 5.47. The van der Waals surface area contributed by atoms with Crippen LogP contribution >= 0.6 is 0 Å². The van der Waals surface area contributed by atoms with E-state index in [1.165, 1.54) is 13.2 Å². The van der Waals surface area contributed by atoms with Gasteiger partial charge in [0.15, 0.2) is 0 Å². The van der Waals surface area contributed by atoms with Crippen LogP contribution in [0.15, 0.2) is 35.9 Å². The summed E-state index contributed by atoms with van der Waals surface area (Å²) in [5, 5.41) is 24.3. The van der Waals surface area contributed by atoms with Crippen molar-refractivity contribution in [3.8, 4) is 5.75 Å². The summed E-state index contributed by atoms with van der Waals surface area (Å²) in [6.07, 6.45) is -5.25. The number of carbonyl (C=O) groups is 4. The molecule has 4 amide bonds. The third-order valence-corrected chi connectivity index (χ3v) is 5.47. The predicted molar refractivity (Wildman–Crippen MR) is 135 cm³/mol. The lowest BCUT2D eigenvalue weighted by molar-refractivity contribution is -0.126. The number of rotatable bonds is 9. The summed E-state index contributed by atoms with van der Waals surface area (Å²) in [6, 6.07) is 4.33. The third kappa shape index (κ3) is 8.63. The molecule has 4 atom stereocenters. The summed E-state index contributed by atoms with van der Waals surface area (Å²) in [6.45, 7) is 6.35. The van der Waals surface area contributed by atoms with Crippen molar-refractivity contribution in [2.75, 3.05) is 7.11 Å². The molecule has 1 aromatic carbocycles. The van der Waals surface area contributed by atoms with E-state index in [9.17, 15) is 29.4 Å². The van der Waals surface area contributed by atoms with Crippen molar-refractivity contribution in [1.29, 1.82) is 0 Å². The molecule has 0 heterocycles. The van der Waals surface area contributed by atoms with E-state index < -0.39 is 60.5 Å². The van der Waals surface area contributed by atoms with Gasteiger partial charge in [-0.3, -0.25) is 9.59 Å². The monoisotopic (exact) mass is 536 g/mol. The molecule has 0 saturated heterocycles. The maximum atomic E-state index is 13.1. The highest BCUT2D eigenvalue weighted by Gasteiger charge is 2.40. The van der Waals surface area contributed by atoms with E-state index in [-0.39, 0.29) is 18.4 Å². The van der Waals surface area contributed by atoms with Crippen LogP contribution in [0.3, 0.4) is 0 Å². The van der Waals surface area contributed by atoms with E-state index in [1.54, 1.807) is 52.0 Å². The van der Waals surface area contributed by atoms with Gasteiger partial charge in [0.05, 0.1) is 25.4 Å². The molecule has 0 unspecified atom stereocenters. The van der Waals surface area contributed by atoms with Crippen LogP contribution in [0.5, 0.6) is 5.75 Å². The van der Waals surface area contributed by atoms with Crippen molar-refractivity contribution < 1.29 is 43.6 Å². The lowest BCUT2D eigenvalue weighted by Gasteiger charge is -2.37. The van der Waals surface area contributed by atoms with Gasteiger partial charge >= 0.3 is 12.2 Å². The van der Waals surface area contributed by atoms with Crippen molar-refractivity contribution >= 4 is 24.0 Å². The number of aliphatic hydroxyl groups excluding tert-OH is 2. The van der Waals surface area contributed by atoms with E-state index in [4.69, 9.17) is 19.9 Å². The Hall–Kier alpha value is -3.84. The van der Waals surface area contributed by atoms with Crippen molar-refractivity contribution in [2.24, 2.45) is 5.73 Å². The van der Waals surface area contributed by atoms with Gasteiger partial charge < -0.3 is 35.5 Å². The van der Waals surface area contributed by atoms with Gasteiger partial charge in [-0.15, -0.1) is 0 Å². The highest BCUT2D eigenvalue weighted by molar-refractivity contribution is 5.97. The van der Waals surface area contributed by atoms with Gasteiger partial charge in [0, 0.05) is 18.4 Å². The molecule has 0 saturated carbocycles. The molecule has 0 bridgehead atoms. The molecule has 6 N–H and O–H groups in total. The lowest BCUT2D eigenvalue weighted by atomic mass is 9.89. The van der Waals surface area contributed by atoms with Crippen LogP contribution < -0.4 is 21.2 Å².